The summed E-state index contributed by atoms with van der Waals surface area (Å²) < 4.78 is 17.8. The molecule has 3 aromatic rings. The summed E-state index contributed by atoms with van der Waals surface area (Å²) in [4.78, 5) is 43.7. The minimum atomic E-state index is -0.530. The molecule has 1 aliphatic heterocycles. The van der Waals surface area contributed by atoms with E-state index in [9.17, 15) is 19.5 Å². The lowest BCUT2D eigenvalue weighted by atomic mass is 10.0. The maximum absolute atomic E-state index is 14.4. The molecular formula is C37H48N4O7. The van der Waals surface area contributed by atoms with Crippen molar-refractivity contribution in [1.82, 2.24) is 9.80 Å². The Kier molecular flexibility index (Phi) is 13.2. The lowest BCUT2D eigenvalue weighted by Gasteiger charge is -2.36. The number of nitrogens with one attached hydrogen (secondary N) is 2. The van der Waals surface area contributed by atoms with Gasteiger partial charge in [0.05, 0.1) is 37.5 Å². The number of aliphatic hydroxyl groups excluding tert-OH is 1. The Balaban J connectivity index is 1.59. The van der Waals surface area contributed by atoms with Gasteiger partial charge in [0.2, 0.25) is 0 Å². The molecule has 1 heterocycles. The van der Waals surface area contributed by atoms with Crippen molar-refractivity contribution in [1.29, 1.82) is 0 Å². The second-order valence-corrected chi connectivity index (χ2v) is 12.4. The Morgan fingerprint density at radius 3 is 2.40 bits per heavy atom. The number of likely N-dealkylation sites (N-methyl/N-ethyl adjacent to an activating group) is 1. The Morgan fingerprint density at radius 1 is 1.02 bits per heavy atom. The molecule has 1 aliphatic rings. The van der Waals surface area contributed by atoms with Crippen molar-refractivity contribution in [2.24, 2.45) is 5.92 Å². The number of nitrogens with zero attached hydrogens (tertiary/aromatic N) is 2. The van der Waals surface area contributed by atoms with Crippen LogP contribution in [0.25, 0.3) is 0 Å². The van der Waals surface area contributed by atoms with Gasteiger partial charge in [0.15, 0.2) is 0 Å². The largest absolute Gasteiger partial charge is 0.497 e. The van der Waals surface area contributed by atoms with Gasteiger partial charge in [-0.25, -0.2) is 4.79 Å². The molecule has 258 valence electrons. The zero-order valence-corrected chi connectivity index (χ0v) is 28.5. The number of amides is 4. The standard InChI is InChI=1S/C37H48N4O7/c1-25-22-41(26(2)24-42)36(44)32-21-30(39-37(45)38-29-14-17-31(46-5)18-15-29)16-19-33(32)48-27(3)11-9-10-20-47-34(25)23-40(4)35(43)28-12-7-6-8-13-28/h6-8,12-19,21,25-27,34,42H,9-11,20,22-24H2,1-5H3,(H2,38,39,45)/t25-,26+,27-,34+/m1/s1. The maximum atomic E-state index is 14.4. The van der Waals surface area contributed by atoms with E-state index in [1.54, 1.807) is 85.5 Å². The molecule has 4 rings (SSSR count). The van der Waals surface area contributed by atoms with Crippen LogP contribution in [0.4, 0.5) is 16.2 Å². The van der Waals surface area contributed by atoms with Crippen LogP contribution in [0.2, 0.25) is 0 Å². The first-order valence-corrected chi connectivity index (χ1v) is 16.5. The molecule has 0 unspecified atom stereocenters. The van der Waals surface area contributed by atoms with Crippen LogP contribution < -0.4 is 20.1 Å². The minimum Gasteiger partial charge on any atom is -0.497 e. The van der Waals surface area contributed by atoms with Crippen molar-refractivity contribution in [2.45, 2.75) is 58.3 Å². The molecule has 0 saturated carbocycles. The van der Waals surface area contributed by atoms with Gasteiger partial charge in [0.25, 0.3) is 11.8 Å². The van der Waals surface area contributed by atoms with Gasteiger partial charge in [0, 0.05) is 49.6 Å². The van der Waals surface area contributed by atoms with Crippen molar-refractivity contribution < 1.29 is 33.7 Å². The van der Waals surface area contributed by atoms with E-state index in [1.807, 2.05) is 32.0 Å². The van der Waals surface area contributed by atoms with Crippen LogP contribution in [-0.2, 0) is 4.74 Å². The number of anilines is 2. The molecule has 4 atom stereocenters. The van der Waals surface area contributed by atoms with Gasteiger partial charge in [-0.05, 0) is 87.7 Å². The summed E-state index contributed by atoms with van der Waals surface area (Å²) in [5.41, 5.74) is 1.83. The molecule has 0 bridgehead atoms. The van der Waals surface area contributed by atoms with Crippen molar-refractivity contribution >= 4 is 29.2 Å². The van der Waals surface area contributed by atoms with Crippen LogP contribution in [0.15, 0.2) is 72.8 Å². The van der Waals surface area contributed by atoms with E-state index in [2.05, 4.69) is 10.6 Å². The highest BCUT2D eigenvalue weighted by atomic mass is 16.5. The molecule has 0 aromatic heterocycles. The maximum Gasteiger partial charge on any atom is 0.323 e. The first kappa shape index (κ1) is 36.2. The predicted octanol–water partition coefficient (Wildman–Crippen LogP) is 5.91. The Morgan fingerprint density at radius 2 is 1.71 bits per heavy atom. The molecule has 0 spiro atoms. The summed E-state index contributed by atoms with van der Waals surface area (Å²) in [5.74, 6) is 0.403. The summed E-state index contributed by atoms with van der Waals surface area (Å²) in [5, 5.41) is 15.8. The fourth-order valence-corrected chi connectivity index (χ4v) is 5.58. The molecule has 3 N–H and O–H groups in total. The third kappa shape index (κ3) is 9.95. The highest BCUT2D eigenvalue weighted by Gasteiger charge is 2.31. The molecule has 0 fully saturated rings. The summed E-state index contributed by atoms with van der Waals surface area (Å²) in [6.45, 7) is 6.55. The number of benzene rings is 3. The molecule has 48 heavy (non-hydrogen) atoms. The molecular weight excluding hydrogens is 612 g/mol. The summed E-state index contributed by atoms with van der Waals surface area (Å²) >= 11 is 0. The number of carbonyl (C=O) groups excluding carboxylic acids is 3. The van der Waals surface area contributed by atoms with Gasteiger partial charge in [0.1, 0.15) is 11.5 Å². The molecule has 4 amide bonds. The lowest BCUT2D eigenvalue weighted by molar-refractivity contribution is -0.0149. The van der Waals surface area contributed by atoms with Gasteiger partial charge in [-0.1, -0.05) is 25.1 Å². The van der Waals surface area contributed by atoms with Gasteiger partial charge in [-0.2, -0.15) is 0 Å². The second-order valence-electron chi connectivity index (χ2n) is 12.4. The SMILES string of the molecule is COc1ccc(NC(=O)Nc2ccc3c(c2)C(=O)N([C@@H](C)CO)C[C@@H](C)[C@H](CN(C)C(=O)c2ccccc2)OCCCC[C@@H](C)O3)cc1. The third-order valence-corrected chi connectivity index (χ3v) is 8.48. The van der Waals surface area contributed by atoms with Crippen molar-refractivity contribution in [3.8, 4) is 11.5 Å². The lowest BCUT2D eigenvalue weighted by Crippen LogP contribution is -2.48. The highest BCUT2D eigenvalue weighted by Crippen LogP contribution is 2.29. The number of ether oxygens (including phenoxy) is 3. The zero-order valence-electron chi connectivity index (χ0n) is 28.5. The molecule has 11 heteroatoms. The molecule has 0 radical (unpaired) electrons. The Hall–Kier alpha value is -4.61. The van der Waals surface area contributed by atoms with Crippen molar-refractivity contribution in [2.75, 3.05) is 51.1 Å². The van der Waals surface area contributed by atoms with Crippen LogP contribution in [0, 0.1) is 5.92 Å². The topological polar surface area (TPSA) is 130 Å². The molecule has 11 nitrogen and oxygen atoms in total. The number of fused-ring (bicyclic) bond motifs is 1. The van der Waals surface area contributed by atoms with E-state index in [1.165, 1.54) is 0 Å². The number of aliphatic hydroxyl groups is 1. The highest BCUT2D eigenvalue weighted by molar-refractivity contribution is 6.02. The van der Waals surface area contributed by atoms with Crippen LogP contribution >= 0.6 is 0 Å². The van der Waals surface area contributed by atoms with E-state index in [0.29, 0.717) is 41.6 Å². The van der Waals surface area contributed by atoms with Gasteiger partial charge in [-0.15, -0.1) is 0 Å². The monoisotopic (exact) mass is 660 g/mol. The zero-order chi connectivity index (χ0) is 34.6. The molecule has 0 saturated heterocycles. The van der Waals surface area contributed by atoms with Crippen LogP contribution in [-0.4, -0.2) is 91.5 Å². The number of hydrogen-bond acceptors (Lipinski definition) is 7. The van der Waals surface area contributed by atoms with E-state index < -0.39 is 12.1 Å². The Bertz CT molecular complexity index is 1500. The van der Waals surface area contributed by atoms with E-state index in [0.717, 1.165) is 19.3 Å². The fraction of sp³-hybridized carbons (Fsp3) is 0.432. The van der Waals surface area contributed by atoms with Crippen LogP contribution in [0.5, 0.6) is 11.5 Å². The number of carbonyl (C=O) groups is 3. The van der Waals surface area contributed by atoms with Gasteiger partial charge >= 0.3 is 6.03 Å². The number of rotatable bonds is 8. The number of methoxy groups -OCH3 is 1. The van der Waals surface area contributed by atoms with E-state index in [4.69, 9.17) is 14.2 Å². The van der Waals surface area contributed by atoms with Crippen molar-refractivity contribution in [3.63, 3.8) is 0 Å². The third-order valence-electron chi connectivity index (χ3n) is 8.48. The van der Waals surface area contributed by atoms with Crippen molar-refractivity contribution in [3.05, 3.63) is 83.9 Å². The summed E-state index contributed by atoms with van der Waals surface area (Å²) in [7, 11) is 3.32. The fourth-order valence-electron chi connectivity index (χ4n) is 5.58. The first-order valence-electron chi connectivity index (χ1n) is 16.5. The minimum absolute atomic E-state index is 0.113. The average Bonchev–Trinajstić information content (AvgIpc) is 3.09. The summed E-state index contributed by atoms with van der Waals surface area (Å²) in [6, 6.07) is 20.0. The summed E-state index contributed by atoms with van der Waals surface area (Å²) in [6.07, 6.45) is 1.84. The quantitative estimate of drug-likeness (QED) is 0.274. The average molecular weight is 661 g/mol. The predicted molar refractivity (Wildman–Crippen MR) is 186 cm³/mol. The molecule has 0 aliphatic carbocycles. The van der Waals surface area contributed by atoms with Gasteiger partial charge < -0.3 is 39.8 Å². The second kappa shape index (κ2) is 17.5. The number of urea groups is 1. The smallest absolute Gasteiger partial charge is 0.323 e. The molecule has 3 aromatic carbocycles. The van der Waals surface area contributed by atoms with Crippen LogP contribution in [0.1, 0.15) is 60.7 Å². The normalized spacial score (nSPS) is 19.6. The van der Waals surface area contributed by atoms with E-state index in [-0.39, 0.29) is 48.7 Å². The van der Waals surface area contributed by atoms with E-state index >= 15 is 0 Å². The van der Waals surface area contributed by atoms with Crippen LogP contribution in [0.3, 0.4) is 0 Å². The Labute approximate surface area is 283 Å². The van der Waals surface area contributed by atoms with Gasteiger partial charge in [-0.3, -0.25) is 9.59 Å². The first-order chi connectivity index (χ1) is 23.1. The number of hydrogen-bond donors (Lipinski definition) is 3.